The molecular formula is C20H20Cl2N4O3S2. The summed E-state index contributed by atoms with van der Waals surface area (Å²) in [6.45, 7) is 0.0168. The predicted molar refractivity (Wildman–Crippen MR) is 125 cm³/mol. The number of aryl methyl sites for hydroxylation is 1. The van der Waals surface area contributed by atoms with Crippen molar-refractivity contribution in [2.75, 3.05) is 12.0 Å². The van der Waals surface area contributed by atoms with Crippen molar-refractivity contribution < 1.29 is 14.3 Å². The first kappa shape index (κ1) is 23.6. The first-order valence-corrected chi connectivity index (χ1v) is 12.2. The van der Waals surface area contributed by atoms with Crippen LogP contribution in [0.4, 0.5) is 0 Å². The smallest absolute Gasteiger partial charge is 0.329 e. The number of halogens is 2. The van der Waals surface area contributed by atoms with Gasteiger partial charge in [-0.05, 0) is 36.6 Å². The van der Waals surface area contributed by atoms with Crippen molar-refractivity contribution in [3.8, 4) is 10.6 Å². The van der Waals surface area contributed by atoms with Crippen LogP contribution >= 0.6 is 46.3 Å². The van der Waals surface area contributed by atoms with Crippen molar-refractivity contribution in [3.63, 3.8) is 0 Å². The minimum Gasteiger partial charge on any atom is -0.458 e. The number of hydrogen-bond donors (Lipinski definition) is 1. The molecule has 0 bridgehead atoms. The van der Waals surface area contributed by atoms with Gasteiger partial charge in [-0.25, -0.2) is 9.78 Å². The maximum Gasteiger partial charge on any atom is 0.329 e. The Hall–Kier alpha value is -2.07. The Labute approximate surface area is 198 Å². The number of esters is 1. The molecule has 7 nitrogen and oxygen atoms in total. The standard InChI is InChI=1S/C20H20Cl2N4O3S2/c1-26-9-12(8-23-26)19-24-14(11-31-19)10-29-20(28)17(5-6-30-2)25-18(27)15-4-3-13(21)7-16(15)22/h3-4,7-9,11,17H,5-6,10H2,1-2H3,(H,25,27). The molecule has 2 heterocycles. The van der Waals surface area contributed by atoms with Gasteiger partial charge in [0.25, 0.3) is 5.91 Å². The molecule has 1 aromatic carbocycles. The average molecular weight is 499 g/mol. The van der Waals surface area contributed by atoms with Gasteiger partial charge in [-0.2, -0.15) is 16.9 Å². The fraction of sp³-hybridized carbons (Fsp3) is 0.300. The highest BCUT2D eigenvalue weighted by molar-refractivity contribution is 7.98. The number of ether oxygens (including phenoxy) is 1. The molecule has 11 heteroatoms. The lowest BCUT2D eigenvalue weighted by molar-refractivity contribution is -0.147. The third-order valence-electron chi connectivity index (χ3n) is 4.24. The van der Waals surface area contributed by atoms with Gasteiger partial charge in [-0.15, -0.1) is 11.3 Å². The number of aromatic nitrogens is 3. The van der Waals surface area contributed by atoms with E-state index in [0.717, 1.165) is 10.6 Å². The summed E-state index contributed by atoms with van der Waals surface area (Å²) in [6, 6.07) is 3.77. The fourth-order valence-electron chi connectivity index (χ4n) is 2.68. The molecule has 0 saturated heterocycles. The zero-order valence-electron chi connectivity index (χ0n) is 16.8. The minimum atomic E-state index is -0.803. The fourth-order valence-corrected chi connectivity index (χ4v) is 4.42. The van der Waals surface area contributed by atoms with E-state index in [1.54, 1.807) is 28.7 Å². The molecule has 2 aromatic heterocycles. The Morgan fingerprint density at radius 2 is 2.16 bits per heavy atom. The lowest BCUT2D eigenvalue weighted by atomic mass is 10.1. The Bertz CT molecular complexity index is 1070. The third kappa shape index (κ3) is 6.46. The molecule has 0 aliphatic carbocycles. The number of thiazole rings is 1. The third-order valence-corrected chi connectivity index (χ3v) is 6.37. The molecule has 1 amide bonds. The largest absolute Gasteiger partial charge is 0.458 e. The summed E-state index contributed by atoms with van der Waals surface area (Å²) in [7, 11) is 1.83. The Morgan fingerprint density at radius 1 is 1.35 bits per heavy atom. The van der Waals surface area contributed by atoms with Crippen LogP contribution in [0.15, 0.2) is 36.0 Å². The van der Waals surface area contributed by atoms with Gasteiger partial charge in [0, 0.05) is 29.2 Å². The summed E-state index contributed by atoms with van der Waals surface area (Å²) in [5, 5.41) is 10.1. The van der Waals surface area contributed by atoms with E-state index >= 15 is 0 Å². The second-order valence-electron chi connectivity index (χ2n) is 6.59. The van der Waals surface area contributed by atoms with Crippen LogP contribution < -0.4 is 5.32 Å². The van der Waals surface area contributed by atoms with E-state index in [4.69, 9.17) is 27.9 Å². The van der Waals surface area contributed by atoms with Gasteiger partial charge in [0.05, 0.1) is 22.5 Å². The molecule has 0 fully saturated rings. The van der Waals surface area contributed by atoms with Crippen LogP contribution in [0.1, 0.15) is 22.5 Å². The van der Waals surface area contributed by atoms with Gasteiger partial charge in [-0.3, -0.25) is 9.48 Å². The molecule has 0 aliphatic heterocycles. The molecule has 0 saturated carbocycles. The highest BCUT2D eigenvalue weighted by Gasteiger charge is 2.24. The second kappa shape index (κ2) is 11.0. The number of nitrogens with one attached hydrogen (secondary N) is 1. The molecule has 0 aliphatic rings. The molecule has 1 unspecified atom stereocenters. The summed E-state index contributed by atoms with van der Waals surface area (Å²) < 4.78 is 7.13. The summed E-state index contributed by atoms with van der Waals surface area (Å²) >= 11 is 15.0. The number of benzene rings is 1. The number of thioether (sulfide) groups is 1. The van der Waals surface area contributed by atoms with Crippen LogP contribution in [0.2, 0.25) is 10.0 Å². The van der Waals surface area contributed by atoms with E-state index in [0.29, 0.717) is 22.9 Å². The van der Waals surface area contributed by atoms with Crippen LogP contribution in [0.5, 0.6) is 0 Å². The number of carbonyl (C=O) groups excluding carboxylic acids is 2. The maximum atomic E-state index is 12.7. The molecule has 3 rings (SSSR count). The molecule has 3 aromatic rings. The monoisotopic (exact) mass is 498 g/mol. The van der Waals surface area contributed by atoms with Crippen molar-refractivity contribution in [1.82, 2.24) is 20.1 Å². The van der Waals surface area contributed by atoms with E-state index in [9.17, 15) is 9.59 Å². The van der Waals surface area contributed by atoms with Gasteiger partial charge in [0.15, 0.2) is 0 Å². The number of amides is 1. The van der Waals surface area contributed by atoms with E-state index in [1.165, 1.54) is 23.5 Å². The molecule has 31 heavy (non-hydrogen) atoms. The first-order valence-electron chi connectivity index (χ1n) is 9.22. The normalized spacial score (nSPS) is 11.9. The van der Waals surface area contributed by atoms with E-state index in [1.807, 2.05) is 24.9 Å². The summed E-state index contributed by atoms with van der Waals surface area (Å²) in [5.74, 6) is -0.309. The maximum absolute atomic E-state index is 12.7. The highest BCUT2D eigenvalue weighted by Crippen LogP contribution is 2.24. The quantitative estimate of drug-likeness (QED) is 0.438. The minimum absolute atomic E-state index is 0.0168. The Balaban J connectivity index is 1.63. The lowest BCUT2D eigenvalue weighted by Crippen LogP contribution is -2.42. The van der Waals surface area contributed by atoms with Gasteiger partial charge >= 0.3 is 5.97 Å². The Morgan fingerprint density at radius 3 is 2.84 bits per heavy atom. The van der Waals surface area contributed by atoms with Gasteiger partial charge in [-0.1, -0.05) is 23.2 Å². The number of hydrogen-bond acceptors (Lipinski definition) is 7. The van der Waals surface area contributed by atoms with Crippen LogP contribution in [0.3, 0.4) is 0 Å². The molecule has 0 spiro atoms. The molecule has 1 atom stereocenters. The van der Waals surface area contributed by atoms with Gasteiger partial charge < -0.3 is 10.1 Å². The topological polar surface area (TPSA) is 86.1 Å². The van der Waals surface area contributed by atoms with Gasteiger partial charge in [0.2, 0.25) is 0 Å². The molecule has 0 radical (unpaired) electrons. The highest BCUT2D eigenvalue weighted by atomic mass is 35.5. The summed E-state index contributed by atoms with van der Waals surface area (Å²) in [5.41, 5.74) is 1.77. The van der Waals surface area contributed by atoms with Crippen LogP contribution in [0, 0.1) is 0 Å². The van der Waals surface area contributed by atoms with Crippen molar-refractivity contribution in [3.05, 3.63) is 57.3 Å². The number of nitrogens with zero attached hydrogens (tertiary/aromatic N) is 3. The molecule has 164 valence electrons. The number of carbonyl (C=O) groups is 2. The average Bonchev–Trinajstić information content (AvgIpc) is 3.38. The van der Waals surface area contributed by atoms with Crippen LogP contribution in [-0.4, -0.2) is 44.7 Å². The zero-order chi connectivity index (χ0) is 22.4. The first-order chi connectivity index (χ1) is 14.9. The molecular weight excluding hydrogens is 479 g/mol. The van der Waals surface area contributed by atoms with E-state index < -0.39 is 17.9 Å². The zero-order valence-corrected chi connectivity index (χ0v) is 19.9. The lowest BCUT2D eigenvalue weighted by Gasteiger charge is -2.17. The summed E-state index contributed by atoms with van der Waals surface area (Å²) in [6.07, 6.45) is 5.94. The molecule has 1 N–H and O–H groups in total. The van der Waals surface area contributed by atoms with Crippen molar-refractivity contribution in [2.24, 2.45) is 7.05 Å². The van der Waals surface area contributed by atoms with Crippen LogP contribution in [-0.2, 0) is 23.2 Å². The summed E-state index contributed by atoms with van der Waals surface area (Å²) in [4.78, 5) is 29.8. The van der Waals surface area contributed by atoms with Crippen molar-refractivity contribution >= 4 is 58.2 Å². The predicted octanol–water partition coefficient (Wildman–Crippen LogP) is 4.45. The number of rotatable bonds is 9. The second-order valence-corrected chi connectivity index (χ2v) is 9.27. The van der Waals surface area contributed by atoms with Crippen molar-refractivity contribution in [1.29, 1.82) is 0 Å². The van der Waals surface area contributed by atoms with Gasteiger partial charge in [0.1, 0.15) is 17.7 Å². The Kier molecular flexibility index (Phi) is 8.36. The van der Waals surface area contributed by atoms with Crippen molar-refractivity contribution in [2.45, 2.75) is 19.1 Å². The van der Waals surface area contributed by atoms with E-state index in [2.05, 4.69) is 15.4 Å². The van der Waals surface area contributed by atoms with Crippen LogP contribution in [0.25, 0.3) is 10.6 Å². The van der Waals surface area contributed by atoms with E-state index in [-0.39, 0.29) is 17.2 Å². The SMILES string of the molecule is CSCCC(NC(=O)c1ccc(Cl)cc1Cl)C(=O)OCc1csc(-c2cnn(C)c2)n1.